The van der Waals surface area contributed by atoms with Gasteiger partial charge >= 0.3 is 0 Å². The standard InChI is InChI=1S/C25H22N4O2S2/c1-15-8-4-6-10-19(15)29(25-27-18-9-5-7-11-20(18)33-25)21(30)12-13-28-14-26-23-22(24(28)31)16(2)17(3)32-23/h4-11,14H,12-13H2,1-3H3. The van der Waals surface area contributed by atoms with Gasteiger partial charge in [-0.15, -0.1) is 11.3 Å². The molecule has 0 atom stereocenters. The summed E-state index contributed by atoms with van der Waals surface area (Å²) in [7, 11) is 0. The fourth-order valence-electron chi connectivity index (χ4n) is 3.87. The van der Waals surface area contributed by atoms with Gasteiger partial charge in [-0.25, -0.2) is 9.97 Å². The van der Waals surface area contributed by atoms with Crippen molar-refractivity contribution in [1.82, 2.24) is 14.5 Å². The molecule has 1 amide bonds. The zero-order chi connectivity index (χ0) is 23.1. The minimum absolute atomic E-state index is 0.0999. The Labute approximate surface area is 198 Å². The largest absolute Gasteiger partial charge is 0.298 e. The Morgan fingerprint density at radius 1 is 1.03 bits per heavy atom. The number of aromatic nitrogens is 3. The van der Waals surface area contributed by atoms with Gasteiger partial charge in [-0.1, -0.05) is 41.7 Å². The Morgan fingerprint density at radius 2 is 1.79 bits per heavy atom. The van der Waals surface area contributed by atoms with E-state index in [9.17, 15) is 9.59 Å². The second kappa shape index (κ2) is 8.53. The molecule has 0 spiro atoms. The lowest BCUT2D eigenvalue weighted by atomic mass is 10.2. The summed E-state index contributed by atoms with van der Waals surface area (Å²) in [5.74, 6) is -0.117. The van der Waals surface area contributed by atoms with Crippen LogP contribution in [0.25, 0.3) is 20.4 Å². The highest BCUT2D eigenvalue weighted by molar-refractivity contribution is 7.22. The molecule has 5 aromatic rings. The van der Waals surface area contributed by atoms with Gasteiger partial charge in [0.25, 0.3) is 5.56 Å². The number of benzene rings is 2. The van der Waals surface area contributed by atoms with Crippen LogP contribution in [0.3, 0.4) is 0 Å². The first kappa shape index (κ1) is 21.5. The topological polar surface area (TPSA) is 68.1 Å². The van der Waals surface area contributed by atoms with E-state index >= 15 is 0 Å². The number of anilines is 2. The lowest BCUT2D eigenvalue weighted by Gasteiger charge is -2.22. The van der Waals surface area contributed by atoms with Gasteiger partial charge in [-0.2, -0.15) is 0 Å². The van der Waals surface area contributed by atoms with Crippen molar-refractivity contribution in [2.45, 2.75) is 33.7 Å². The van der Waals surface area contributed by atoms with E-state index in [4.69, 9.17) is 4.98 Å². The first-order chi connectivity index (χ1) is 15.9. The maximum absolute atomic E-state index is 13.6. The summed E-state index contributed by atoms with van der Waals surface area (Å²) in [5, 5.41) is 1.27. The second-order valence-electron chi connectivity index (χ2n) is 7.94. The molecule has 0 unspecified atom stereocenters. The molecular weight excluding hydrogens is 452 g/mol. The molecule has 0 saturated heterocycles. The third-order valence-corrected chi connectivity index (χ3v) is 7.94. The van der Waals surface area contributed by atoms with Gasteiger partial charge in [0.05, 0.1) is 27.6 Å². The molecule has 5 rings (SSSR count). The van der Waals surface area contributed by atoms with Crippen LogP contribution < -0.4 is 10.5 Å². The Kier molecular flexibility index (Phi) is 5.55. The van der Waals surface area contributed by atoms with Crippen molar-refractivity contribution in [3.63, 3.8) is 0 Å². The Morgan fingerprint density at radius 3 is 2.58 bits per heavy atom. The zero-order valence-corrected chi connectivity index (χ0v) is 20.2. The minimum atomic E-state index is -0.117. The third kappa shape index (κ3) is 3.85. The highest BCUT2D eigenvalue weighted by Gasteiger charge is 2.23. The molecule has 3 aromatic heterocycles. The van der Waals surface area contributed by atoms with E-state index in [-0.39, 0.29) is 24.4 Å². The number of thiazole rings is 1. The number of fused-ring (bicyclic) bond motifs is 2. The molecule has 0 aliphatic rings. The molecule has 2 aromatic carbocycles. The number of rotatable bonds is 5. The van der Waals surface area contributed by atoms with Crippen LogP contribution in [0.2, 0.25) is 0 Å². The van der Waals surface area contributed by atoms with Gasteiger partial charge in [-0.05, 0) is 50.1 Å². The molecule has 0 saturated carbocycles. The van der Waals surface area contributed by atoms with Crippen molar-refractivity contribution in [3.8, 4) is 0 Å². The summed E-state index contributed by atoms with van der Waals surface area (Å²) in [6, 6.07) is 15.6. The number of aryl methyl sites for hydroxylation is 4. The maximum Gasteiger partial charge on any atom is 0.262 e. The zero-order valence-electron chi connectivity index (χ0n) is 18.5. The van der Waals surface area contributed by atoms with Crippen LogP contribution in [0.4, 0.5) is 10.8 Å². The van der Waals surface area contributed by atoms with Crippen LogP contribution in [0, 0.1) is 20.8 Å². The van der Waals surface area contributed by atoms with Gasteiger partial charge in [-0.3, -0.25) is 19.1 Å². The quantitative estimate of drug-likeness (QED) is 0.325. The SMILES string of the molecule is Cc1ccccc1N(C(=O)CCn1cnc2sc(C)c(C)c2c1=O)c1nc2ccccc2s1. The molecule has 3 heterocycles. The minimum Gasteiger partial charge on any atom is -0.298 e. The summed E-state index contributed by atoms with van der Waals surface area (Å²) in [4.78, 5) is 39.3. The van der Waals surface area contributed by atoms with E-state index in [2.05, 4.69) is 4.98 Å². The van der Waals surface area contributed by atoms with Crippen LogP contribution in [0.5, 0.6) is 0 Å². The van der Waals surface area contributed by atoms with E-state index in [1.54, 1.807) is 11.2 Å². The summed E-state index contributed by atoms with van der Waals surface area (Å²) in [6.07, 6.45) is 1.70. The van der Waals surface area contributed by atoms with Gasteiger partial charge in [0, 0.05) is 17.8 Å². The molecule has 6 nitrogen and oxygen atoms in total. The highest BCUT2D eigenvalue weighted by atomic mass is 32.1. The summed E-state index contributed by atoms with van der Waals surface area (Å²) in [6.45, 7) is 6.17. The van der Waals surface area contributed by atoms with Gasteiger partial charge in [0.15, 0.2) is 5.13 Å². The van der Waals surface area contributed by atoms with Crippen LogP contribution in [-0.2, 0) is 11.3 Å². The number of nitrogens with zero attached hydrogens (tertiary/aromatic N) is 4. The van der Waals surface area contributed by atoms with E-state index in [0.29, 0.717) is 10.5 Å². The molecule has 0 aliphatic heterocycles. The Hall–Kier alpha value is -3.36. The molecule has 8 heteroatoms. The molecule has 33 heavy (non-hydrogen) atoms. The number of hydrogen-bond donors (Lipinski definition) is 0. The van der Waals surface area contributed by atoms with Crippen molar-refractivity contribution >= 4 is 59.8 Å². The lowest BCUT2D eigenvalue weighted by molar-refractivity contribution is -0.118. The van der Waals surface area contributed by atoms with Crippen LogP contribution in [0.1, 0.15) is 22.4 Å². The van der Waals surface area contributed by atoms with Crippen LogP contribution in [-0.4, -0.2) is 20.4 Å². The second-order valence-corrected chi connectivity index (χ2v) is 10.1. The average molecular weight is 475 g/mol. The Bertz CT molecular complexity index is 1530. The van der Waals surface area contributed by atoms with E-state index in [1.807, 2.05) is 69.3 Å². The van der Waals surface area contributed by atoms with Gasteiger partial charge < -0.3 is 0 Å². The number of hydrogen-bond acceptors (Lipinski definition) is 6. The monoisotopic (exact) mass is 474 g/mol. The number of carbonyl (C=O) groups is 1. The molecule has 166 valence electrons. The molecular formula is C25H22N4O2S2. The van der Waals surface area contributed by atoms with Crippen molar-refractivity contribution in [2.75, 3.05) is 4.90 Å². The van der Waals surface area contributed by atoms with E-state index < -0.39 is 0 Å². The third-order valence-electron chi connectivity index (χ3n) is 5.80. The predicted octanol–water partition coefficient (Wildman–Crippen LogP) is 5.75. The number of carbonyl (C=O) groups excluding carboxylic acids is 1. The molecule has 0 radical (unpaired) electrons. The normalized spacial score (nSPS) is 11.4. The summed E-state index contributed by atoms with van der Waals surface area (Å²) < 4.78 is 2.56. The fourth-order valence-corrected chi connectivity index (χ4v) is 5.86. The number of thiophene rings is 1. The molecule has 0 fully saturated rings. The van der Waals surface area contributed by atoms with Crippen LogP contribution >= 0.6 is 22.7 Å². The summed E-state index contributed by atoms with van der Waals surface area (Å²) >= 11 is 3.01. The summed E-state index contributed by atoms with van der Waals surface area (Å²) in [5.41, 5.74) is 3.50. The van der Waals surface area contributed by atoms with Crippen molar-refractivity contribution in [1.29, 1.82) is 0 Å². The fraction of sp³-hybridized carbons (Fsp3) is 0.200. The van der Waals surface area contributed by atoms with E-state index in [1.165, 1.54) is 27.2 Å². The van der Waals surface area contributed by atoms with Crippen molar-refractivity contribution < 1.29 is 4.79 Å². The van der Waals surface area contributed by atoms with Crippen LogP contribution in [0.15, 0.2) is 59.7 Å². The number of amides is 1. The first-order valence-electron chi connectivity index (χ1n) is 10.6. The first-order valence-corrected chi connectivity index (χ1v) is 12.3. The lowest BCUT2D eigenvalue weighted by Crippen LogP contribution is -2.29. The van der Waals surface area contributed by atoms with Gasteiger partial charge in [0.2, 0.25) is 5.91 Å². The van der Waals surface area contributed by atoms with E-state index in [0.717, 1.165) is 36.7 Å². The molecule has 0 aliphatic carbocycles. The average Bonchev–Trinajstić information content (AvgIpc) is 3.35. The molecule has 0 bridgehead atoms. The number of para-hydroxylation sites is 2. The predicted molar refractivity (Wildman–Crippen MR) is 136 cm³/mol. The van der Waals surface area contributed by atoms with Gasteiger partial charge in [0.1, 0.15) is 4.83 Å². The Balaban J connectivity index is 1.50. The molecule has 0 N–H and O–H groups in total. The smallest absolute Gasteiger partial charge is 0.262 e. The maximum atomic E-state index is 13.6. The van der Waals surface area contributed by atoms with Crippen molar-refractivity contribution in [2.24, 2.45) is 0 Å². The van der Waals surface area contributed by atoms with Crippen molar-refractivity contribution in [3.05, 3.63) is 81.2 Å². The highest BCUT2D eigenvalue weighted by Crippen LogP contribution is 2.35.